The van der Waals surface area contributed by atoms with Crippen molar-refractivity contribution in [2.45, 2.75) is 39.5 Å². The van der Waals surface area contributed by atoms with Crippen molar-refractivity contribution < 1.29 is 4.79 Å². The molecule has 1 N–H and O–H groups in total. The summed E-state index contributed by atoms with van der Waals surface area (Å²) in [4.78, 5) is 11.7. The van der Waals surface area contributed by atoms with Crippen LogP contribution in [-0.2, 0) is 4.79 Å². The average Bonchev–Trinajstić information content (AvgIpc) is 2.29. The molecule has 1 rings (SSSR count). The number of anilines is 1. The Labute approximate surface area is 98.1 Å². The number of carbonyl (C=O) groups excluding carboxylic acids is 1. The van der Waals surface area contributed by atoms with Gasteiger partial charge in [-0.3, -0.25) is 4.79 Å². The fourth-order valence-corrected chi connectivity index (χ4v) is 1.85. The van der Waals surface area contributed by atoms with E-state index in [1.807, 2.05) is 30.3 Å². The van der Waals surface area contributed by atoms with Gasteiger partial charge in [-0.1, -0.05) is 51.3 Å². The quantitative estimate of drug-likeness (QED) is 0.773. The van der Waals surface area contributed by atoms with Crippen LogP contribution in [0.15, 0.2) is 30.3 Å². The second kappa shape index (κ2) is 7.04. The van der Waals surface area contributed by atoms with Crippen LogP contribution < -0.4 is 5.32 Å². The smallest absolute Gasteiger partial charge is 0.224 e. The van der Waals surface area contributed by atoms with Crippen molar-refractivity contribution in [3.63, 3.8) is 0 Å². The van der Waals surface area contributed by atoms with Crippen molar-refractivity contribution in [3.05, 3.63) is 30.3 Å². The van der Waals surface area contributed by atoms with Crippen LogP contribution in [0.1, 0.15) is 39.5 Å². The molecule has 0 aliphatic rings. The van der Waals surface area contributed by atoms with E-state index in [1.54, 1.807) is 0 Å². The van der Waals surface area contributed by atoms with E-state index < -0.39 is 0 Å². The first-order chi connectivity index (χ1) is 7.76. The van der Waals surface area contributed by atoms with E-state index in [0.717, 1.165) is 24.9 Å². The molecule has 1 amide bonds. The molecule has 0 saturated heterocycles. The molecule has 0 bridgehead atoms. The number of hydrogen-bond acceptors (Lipinski definition) is 1. The molecule has 2 heteroatoms. The number of rotatable bonds is 6. The second-order valence-corrected chi connectivity index (χ2v) is 4.18. The number of para-hydroxylation sites is 1. The summed E-state index contributed by atoms with van der Waals surface area (Å²) in [5.74, 6) is 0.653. The predicted molar refractivity (Wildman–Crippen MR) is 68.4 cm³/mol. The van der Waals surface area contributed by atoms with Crippen molar-refractivity contribution in [1.29, 1.82) is 0 Å². The van der Waals surface area contributed by atoms with E-state index in [2.05, 4.69) is 19.2 Å². The van der Waals surface area contributed by atoms with Gasteiger partial charge < -0.3 is 5.32 Å². The van der Waals surface area contributed by atoms with Gasteiger partial charge in [0.15, 0.2) is 0 Å². The van der Waals surface area contributed by atoms with Crippen molar-refractivity contribution in [2.24, 2.45) is 5.92 Å². The molecular weight excluding hydrogens is 198 g/mol. The molecule has 1 atom stereocenters. The summed E-state index contributed by atoms with van der Waals surface area (Å²) in [6.45, 7) is 4.31. The summed E-state index contributed by atoms with van der Waals surface area (Å²) in [7, 11) is 0. The lowest BCUT2D eigenvalue weighted by atomic mass is 9.97. The minimum atomic E-state index is 0.131. The Balaban J connectivity index is 2.41. The van der Waals surface area contributed by atoms with E-state index in [1.165, 1.54) is 0 Å². The number of benzene rings is 1. The Bertz CT molecular complexity index is 308. The standard InChI is InChI=1S/C14H21NO/c1-3-8-12(4-2)11-14(16)15-13-9-6-5-7-10-13/h5-7,9-10,12H,3-4,8,11H2,1-2H3,(H,15,16). The zero-order valence-electron chi connectivity index (χ0n) is 10.2. The molecule has 88 valence electrons. The number of carbonyl (C=O) groups is 1. The van der Waals surface area contributed by atoms with Gasteiger partial charge in [0.1, 0.15) is 0 Å². The lowest BCUT2D eigenvalue weighted by Crippen LogP contribution is -2.16. The van der Waals surface area contributed by atoms with Gasteiger partial charge in [0, 0.05) is 12.1 Å². The average molecular weight is 219 g/mol. The highest BCUT2D eigenvalue weighted by molar-refractivity contribution is 5.90. The zero-order chi connectivity index (χ0) is 11.8. The Hall–Kier alpha value is -1.31. The molecule has 0 heterocycles. The Morgan fingerprint density at radius 1 is 1.25 bits per heavy atom. The molecule has 0 aliphatic carbocycles. The minimum Gasteiger partial charge on any atom is -0.326 e. The molecule has 0 saturated carbocycles. The normalized spacial score (nSPS) is 12.1. The van der Waals surface area contributed by atoms with Gasteiger partial charge in [-0.2, -0.15) is 0 Å². The van der Waals surface area contributed by atoms with Gasteiger partial charge in [-0.25, -0.2) is 0 Å². The number of nitrogens with one attached hydrogen (secondary N) is 1. The van der Waals surface area contributed by atoms with E-state index >= 15 is 0 Å². The number of amides is 1. The van der Waals surface area contributed by atoms with Crippen LogP contribution in [0.4, 0.5) is 5.69 Å². The van der Waals surface area contributed by atoms with Gasteiger partial charge in [0.05, 0.1) is 0 Å². The summed E-state index contributed by atoms with van der Waals surface area (Å²) >= 11 is 0. The highest BCUT2D eigenvalue weighted by Gasteiger charge is 2.11. The molecule has 16 heavy (non-hydrogen) atoms. The van der Waals surface area contributed by atoms with Crippen LogP contribution in [-0.4, -0.2) is 5.91 Å². The predicted octanol–water partition coefficient (Wildman–Crippen LogP) is 3.84. The molecule has 0 spiro atoms. The molecule has 0 radical (unpaired) electrons. The van der Waals surface area contributed by atoms with Gasteiger partial charge in [-0.15, -0.1) is 0 Å². The van der Waals surface area contributed by atoms with E-state index in [9.17, 15) is 4.79 Å². The van der Waals surface area contributed by atoms with Gasteiger partial charge >= 0.3 is 0 Å². The van der Waals surface area contributed by atoms with E-state index in [0.29, 0.717) is 12.3 Å². The van der Waals surface area contributed by atoms with Crippen molar-refractivity contribution in [3.8, 4) is 0 Å². The van der Waals surface area contributed by atoms with Crippen molar-refractivity contribution in [2.75, 3.05) is 5.32 Å². The summed E-state index contributed by atoms with van der Waals surface area (Å²) in [6, 6.07) is 9.64. The number of hydrogen-bond donors (Lipinski definition) is 1. The van der Waals surface area contributed by atoms with Gasteiger partial charge in [0.25, 0.3) is 0 Å². The summed E-state index contributed by atoms with van der Waals surface area (Å²) in [6.07, 6.45) is 4.01. The molecule has 2 nitrogen and oxygen atoms in total. The Morgan fingerprint density at radius 2 is 1.94 bits per heavy atom. The SMILES string of the molecule is CCCC(CC)CC(=O)Nc1ccccc1. The van der Waals surface area contributed by atoms with E-state index in [-0.39, 0.29) is 5.91 Å². The lowest BCUT2D eigenvalue weighted by molar-refractivity contribution is -0.117. The third kappa shape index (κ3) is 4.47. The third-order valence-electron chi connectivity index (χ3n) is 2.81. The van der Waals surface area contributed by atoms with Crippen LogP contribution >= 0.6 is 0 Å². The van der Waals surface area contributed by atoms with Crippen LogP contribution in [0.25, 0.3) is 0 Å². The first-order valence-electron chi connectivity index (χ1n) is 6.11. The maximum Gasteiger partial charge on any atom is 0.224 e. The van der Waals surface area contributed by atoms with Crippen molar-refractivity contribution >= 4 is 11.6 Å². The fourth-order valence-electron chi connectivity index (χ4n) is 1.85. The molecule has 0 aromatic heterocycles. The van der Waals surface area contributed by atoms with Crippen LogP contribution in [0.5, 0.6) is 0 Å². The highest BCUT2D eigenvalue weighted by atomic mass is 16.1. The molecule has 0 aliphatic heterocycles. The first-order valence-corrected chi connectivity index (χ1v) is 6.11. The molecule has 1 aromatic rings. The summed E-state index contributed by atoms with van der Waals surface area (Å²) < 4.78 is 0. The summed E-state index contributed by atoms with van der Waals surface area (Å²) in [5, 5.41) is 2.93. The zero-order valence-corrected chi connectivity index (χ0v) is 10.2. The monoisotopic (exact) mass is 219 g/mol. The Morgan fingerprint density at radius 3 is 2.50 bits per heavy atom. The topological polar surface area (TPSA) is 29.1 Å². The van der Waals surface area contributed by atoms with Gasteiger partial charge in [0.2, 0.25) is 5.91 Å². The van der Waals surface area contributed by atoms with Crippen molar-refractivity contribution in [1.82, 2.24) is 0 Å². The van der Waals surface area contributed by atoms with Gasteiger partial charge in [-0.05, 0) is 18.1 Å². The van der Waals surface area contributed by atoms with E-state index in [4.69, 9.17) is 0 Å². The maximum atomic E-state index is 11.7. The molecule has 1 unspecified atom stereocenters. The first kappa shape index (κ1) is 12.8. The lowest BCUT2D eigenvalue weighted by Gasteiger charge is -2.13. The molecule has 1 aromatic carbocycles. The second-order valence-electron chi connectivity index (χ2n) is 4.18. The van der Waals surface area contributed by atoms with Crippen LogP contribution in [0.2, 0.25) is 0 Å². The third-order valence-corrected chi connectivity index (χ3v) is 2.81. The Kier molecular flexibility index (Phi) is 5.62. The molecular formula is C14H21NO. The highest BCUT2D eigenvalue weighted by Crippen LogP contribution is 2.16. The molecule has 0 fully saturated rings. The largest absolute Gasteiger partial charge is 0.326 e. The summed E-state index contributed by atoms with van der Waals surface area (Å²) in [5.41, 5.74) is 0.888. The minimum absolute atomic E-state index is 0.131. The maximum absolute atomic E-state index is 11.7. The van der Waals surface area contributed by atoms with Crippen LogP contribution in [0, 0.1) is 5.92 Å². The van der Waals surface area contributed by atoms with Crippen LogP contribution in [0.3, 0.4) is 0 Å². The fraction of sp³-hybridized carbons (Fsp3) is 0.500.